The molecule has 4 rings (SSSR count). The summed E-state index contributed by atoms with van der Waals surface area (Å²) in [5.74, 6) is 2.06. The number of nitrogens with zero attached hydrogens (tertiary/aromatic N) is 2. The molecule has 19 heavy (non-hydrogen) atoms. The van der Waals surface area contributed by atoms with Crippen molar-refractivity contribution in [3.63, 3.8) is 0 Å². The number of nitrogens with one attached hydrogen (secondary N) is 1. The standard InChI is InChI=1S/C16H19N3/c1-11-4-2-3-5-13(11)14-10-16-17-9-8-15(12-6-7-12)19(16)18-14/h2-5,10,12,15,17H,6-9H2,1H3. The minimum atomic E-state index is 0.619. The summed E-state index contributed by atoms with van der Waals surface area (Å²) in [7, 11) is 0. The molecule has 1 saturated carbocycles. The molecular formula is C16H19N3. The van der Waals surface area contributed by atoms with Crippen LogP contribution in [0.25, 0.3) is 11.3 Å². The van der Waals surface area contributed by atoms with Crippen molar-refractivity contribution in [2.24, 2.45) is 5.92 Å². The molecule has 1 aromatic carbocycles. The van der Waals surface area contributed by atoms with Gasteiger partial charge in [0.2, 0.25) is 0 Å². The zero-order chi connectivity index (χ0) is 12.8. The Morgan fingerprint density at radius 1 is 1.21 bits per heavy atom. The fourth-order valence-corrected chi connectivity index (χ4v) is 3.16. The number of anilines is 1. The zero-order valence-corrected chi connectivity index (χ0v) is 11.3. The predicted octanol–water partition coefficient (Wildman–Crippen LogP) is 3.63. The molecule has 3 heteroatoms. The fraction of sp³-hybridized carbons (Fsp3) is 0.438. The molecule has 1 atom stereocenters. The molecule has 0 bridgehead atoms. The number of rotatable bonds is 2. The highest BCUT2D eigenvalue weighted by atomic mass is 15.4. The number of aromatic nitrogens is 2. The predicted molar refractivity (Wildman–Crippen MR) is 77.3 cm³/mol. The Labute approximate surface area is 113 Å². The van der Waals surface area contributed by atoms with Gasteiger partial charge >= 0.3 is 0 Å². The second-order valence-electron chi connectivity index (χ2n) is 5.79. The zero-order valence-electron chi connectivity index (χ0n) is 11.3. The van der Waals surface area contributed by atoms with Crippen molar-refractivity contribution in [2.45, 2.75) is 32.2 Å². The van der Waals surface area contributed by atoms with Gasteiger partial charge < -0.3 is 5.32 Å². The van der Waals surface area contributed by atoms with E-state index < -0.39 is 0 Å². The molecule has 1 aliphatic carbocycles. The van der Waals surface area contributed by atoms with Crippen LogP contribution in [0.3, 0.4) is 0 Å². The van der Waals surface area contributed by atoms with Crippen molar-refractivity contribution < 1.29 is 0 Å². The molecule has 1 N–H and O–H groups in total. The second-order valence-corrected chi connectivity index (χ2v) is 5.79. The highest BCUT2D eigenvalue weighted by Crippen LogP contribution is 2.44. The quantitative estimate of drug-likeness (QED) is 0.885. The van der Waals surface area contributed by atoms with E-state index in [4.69, 9.17) is 5.10 Å². The van der Waals surface area contributed by atoms with Crippen LogP contribution in [0, 0.1) is 12.8 Å². The van der Waals surface area contributed by atoms with Gasteiger partial charge in [-0.3, -0.25) is 0 Å². The van der Waals surface area contributed by atoms with E-state index in [9.17, 15) is 0 Å². The normalized spacial score (nSPS) is 21.8. The molecule has 2 aromatic rings. The Kier molecular flexibility index (Phi) is 2.40. The van der Waals surface area contributed by atoms with Gasteiger partial charge in [0.1, 0.15) is 5.82 Å². The van der Waals surface area contributed by atoms with Gasteiger partial charge in [-0.25, -0.2) is 4.68 Å². The van der Waals surface area contributed by atoms with Crippen LogP contribution < -0.4 is 5.32 Å². The van der Waals surface area contributed by atoms with Crippen LogP contribution in [-0.2, 0) is 0 Å². The Balaban J connectivity index is 1.77. The summed E-state index contributed by atoms with van der Waals surface area (Å²) in [5.41, 5.74) is 3.65. The van der Waals surface area contributed by atoms with Gasteiger partial charge in [-0.2, -0.15) is 5.10 Å². The van der Waals surface area contributed by atoms with Crippen LogP contribution in [0.4, 0.5) is 5.82 Å². The van der Waals surface area contributed by atoms with E-state index in [0.29, 0.717) is 6.04 Å². The lowest BCUT2D eigenvalue weighted by atomic mass is 10.1. The molecule has 0 radical (unpaired) electrons. The average molecular weight is 253 g/mol. The maximum atomic E-state index is 4.88. The van der Waals surface area contributed by atoms with Crippen LogP contribution in [0.2, 0.25) is 0 Å². The first-order valence-electron chi connectivity index (χ1n) is 7.22. The highest BCUT2D eigenvalue weighted by molar-refractivity contribution is 5.66. The minimum absolute atomic E-state index is 0.619. The van der Waals surface area contributed by atoms with Crippen molar-refractivity contribution in [3.05, 3.63) is 35.9 Å². The Hall–Kier alpha value is -1.77. The molecule has 0 spiro atoms. The largest absolute Gasteiger partial charge is 0.370 e. The summed E-state index contributed by atoms with van der Waals surface area (Å²) in [4.78, 5) is 0. The van der Waals surface area contributed by atoms with Crippen molar-refractivity contribution in [3.8, 4) is 11.3 Å². The lowest BCUT2D eigenvalue weighted by Crippen LogP contribution is -2.24. The van der Waals surface area contributed by atoms with E-state index in [2.05, 4.69) is 47.3 Å². The van der Waals surface area contributed by atoms with Crippen LogP contribution in [-0.4, -0.2) is 16.3 Å². The molecule has 98 valence electrons. The summed E-state index contributed by atoms with van der Waals surface area (Å²) < 4.78 is 2.24. The van der Waals surface area contributed by atoms with Crippen LogP contribution in [0.5, 0.6) is 0 Å². The van der Waals surface area contributed by atoms with E-state index in [1.807, 2.05) is 0 Å². The number of benzene rings is 1. The van der Waals surface area contributed by atoms with E-state index in [-0.39, 0.29) is 0 Å². The van der Waals surface area contributed by atoms with Crippen molar-refractivity contribution >= 4 is 5.82 Å². The molecule has 2 aliphatic rings. The minimum Gasteiger partial charge on any atom is -0.370 e. The summed E-state index contributed by atoms with van der Waals surface area (Å²) >= 11 is 0. The van der Waals surface area contributed by atoms with E-state index >= 15 is 0 Å². The van der Waals surface area contributed by atoms with E-state index in [1.165, 1.54) is 36.2 Å². The number of hydrogen-bond donors (Lipinski definition) is 1. The number of hydrogen-bond acceptors (Lipinski definition) is 2. The molecule has 1 aliphatic heterocycles. The van der Waals surface area contributed by atoms with Gasteiger partial charge in [0.15, 0.2) is 0 Å². The average Bonchev–Trinajstić information content (AvgIpc) is 3.17. The van der Waals surface area contributed by atoms with E-state index in [1.54, 1.807) is 0 Å². The molecule has 0 saturated heterocycles. The smallest absolute Gasteiger partial charge is 0.125 e. The van der Waals surface area contributed by atoms with Gasteiger partial charge in [0.25, 0.3) is 0 Å². The molecule has 2 heterocycles. The van der Waals surface area contributed by atoms with E-state index in [0.717, 1.165) is 18.2 Å². The molecule has 0 amide bonds. The van der Waals surface area contributed by atoms with Crippen molar-refractivity contribution in [1.29, 1.82) is 0 Å². The molecule has 3 nitrogen and oxygen atoms in total. The second kappa shape index (κ2) is 4.12. The monoisotopic (exact) mass is 253 g/mol. The fourth-order valence-electron chi connectivity index (χ4n) is 3.16. The summed E-state index contributed by atoms with van der Waals surface area (Å²) in [6.45, 7) is 3.24. The van der Waals surface area contributed by atoms with Crippen LogP contribution in [0.1, 0.15) is 30.9 Å². The first-order chi connectivity index (χ1) is 9.33. The third-order valence-corrected chi connectivity index (χ3v) is 4.38. The van der Waals surface area contributed by atoms with Crippen LogP contribution in [0.15, 0.2) is 30.3 Å². The topological polar surface area (TPSA) is 29.9 Å². The highest BCUT2D eigenvalue weighted by Gasteiger charge is 2.35. The van der Waals surface area contributed by atoms with Gasteiger partial charge in [-0.1, -0.05) is 24.3 Å². The molecule has 1 unspecified atom stereocenters. The maximum absolute atomic E-state index is 4.88. The van der Waals surface area contributed by atoms with Crippen molar-refractivity contribution in [1.82, 2.24) is 9.78 Å². The summed E-state index contributed by atoms with van der Waals surface area (Å²) in [6, 6.07) is 11.3. The molecule has 1 fully saturated rings. The lowest BCUT2D eigenvalue weighted by molar-refractivity contribution is 0.376. The SMILES string of the molecule is Cc1ccccc1-c1cc2n(n1)C(C1CC1)CCN2. The van der Waals surface area contributed by atoms with Gasteiger partial charge in [-0.15, -0.1) is 0 Å². The molecular weight excluding hydrogens is 234 g/mol. The van der Waals surface area contributed by atoms with Crippen molar-refractivity contribution in [2.75, 3.05) is 11.9 Å². The van der Waals surface area contributed by atoms with Crippen LogP contribution >= 0.6 is 0 Å². The first kappa shape index (κ1) is 11.1. The first-order valence-corrected chi connectivity index (χ1v) is 7.22. The number of aryl methyl sites for hydroxylation is 1. The van der Waals surface area contributed by atoms with Gasteiger partial charge in [-0.05, 0) is 37.7 Å². The Bertz CT molecular complexity index is 610. The maximum Gasteiger partial charge on any atom is 0.125 e. The third-order valence-electron chi connectivity index (χ3n) is 4.38. The Morgan fingerprint density at radius 2 is 2.05 bits per heavy atom. The molecule has 1 aromatic heterocycles. The van der Waals surface area contributed by atoms with Gasteiger partial charge in [0, 0.05) is 18.2 Å². The lowest BCUT2D eigenvalue weighted by Gasteiger charge is -2.25. The third kappa shape index (κ3) is 1.84. The summed E-state index contributed by atoms with van der Waals surface area (Å²) in [6.07, 6.45) is 3.97. The van der Waals surface area contributed by atoms with Gasteiger partial charge in [0.05, 0.1) is 11.7 Å². The Morgan fingerprint density at radius 3 is 2.84 bits per heavy atom. The summed E-state index contributed by atoms with van der Waals surface area (Å²) in [5, 5.41) is 8.36. The number of fused-ring (bicyclic) bond motifs is 1.